The van der Waals surface area contributed by atoms with E-state index in [1.165, 1.54) is 0 Å². The molecule has 3 N–H and O–H groups in total. The topological polar surface area (TPSA) is 55.1 Å². The Balaban J connectivity index is 1.96. The number of carbonyl (C=O) groups is 1. The molecule has 1 aromatic rings. The number of alkyl halides is 3. The number of nitrogen functional groups attached to an aromatic ring is 1. The van der Waals surface area contributed by atoms with Crippen LogP contribution in [-0.2, 0) is 11.3 Å². The second-order valence-corrected chi connectivity index (χ2v) is 5.50. The lowest BCUT2D eigenvalue weighted by Gasteiger charge is -2.32. The summed E-state index contributed by atoms with van der Waals surface area (Å²) in [5, 5.41) is 2.61. The molecule has 1 amide bonds. The number of carbonyl (C=O) groups excluding carboxylic acids is 1. The van der Waals surface area contributed by atoms with Crippen molar-refractivity contribution in [1.29, 1.82) is 0 Å². The summed E-state index contributed by atoms with van der Waals surface area (Å²) in [5.74, 6) is -2.99. The number of hydrogen-bond donors (Lipinski definition) is 2. The number of rotatable bonds is 3. The van der Waals surface area contributed by atoms with E-state index in [1.54, 1.807) is 24.3 Å². The molecule has 2 atom stereocenters. The van der Waals surface area contributed by atoms with Gasteiger partial charge < -0.3 is 11.1 Å². The third-order valence-electron chi connectivity index (χ3n) is 3.97. The van der Waals surface area contributed by atoms with Gasteiger partial charge in [-0.05, 0) is 30.5 Å². The maximum absolute atomic E-state index is 13.0. The van der Waals surface area contributed by atoms with Crippen LogP contribution in [0, 0.1) is 11.8 Å². The van der Waals surface area contributed by atoms with Gasteiger partial charge in [-0.25, -0.2) is 0 Å². The first-order valence-electron chi connectivity index (χ1n) is 7.07. The predicted octanol–water partition coefficient (Wildman–Crippen LogP) is 3.25. The summed E-state index contributed by atoms with van der Waals surface area (Å²) in [7, 11) is 0. The lowest BCUT2D eigenvalue weighted by atomic mass is 9.78. The van der Waals surface area contributed by atoms with Crippen molar-refractivity contribution in [3.05, 3.63) is 29.8 Å². The number of nitrogens with one attached hydrogen (secondary N) is 1. The maximum Gasteiger partial charge on any atom is 0.392 e. The Morgan fingerprint density at radius 3 is 2.43 bits per heavy atom. The average Bonchev–Trinajstić information content (AvgIpc) is 2.45. The first-order chi connectivity index (χ1) is 9.88. The second kappa shape index (κ2) is 6.37. The van der Waals surface area contributed by atoms with Gasteiger partial charge in [0.25, 0.3) is 0 Å². The molecule has 0 bridgehead atoms. The van der Waals surface area contributed by atoms with Gasteiger partial charge in [0, 0.05) is 18.2 Å². The van der Waals surface area contributed by atoms with E-state index in [2.05, 4.69) is 5.32 Å². The second-order valence-electron chi connectivity index (χ2n) is 5.50. The molecule has 1 aromatic carbocycles. The van der Waals surface area contributed by atoms with Crippen molar-refractivity contribution >= 4 is 11.6 Å². The summed E-state index contributed by atoms with van der Waals surface area (Å²) in [6.45, 7) is 0.222. The summed E-state index contributed by atoms with van der Waals surface area (Å²) in [4.78, 5) is 12.1. The number of amides is 1. The SMILES string of the molecule is Nc1ccc(CNC(=O)C2CCCCC2C(F)(F)F)cc1. The lowest BCUT2D eigenvalue weighted by Crippen LogP contribution is -2.42. The van der Waals surface area contributed by atoms with Crippen molar-refractivity contribution in [2.24, 2.45) is 11.8 Å². The Kier molecular flexibility index (Phi) is 4.75. The lowest BCUT2D eigenvalue weighted by molar-refractivity contribution is -0.198. The van der Waals surface area contributed by atoms with Crippen LogP contribution in [-0.4, -0.2) is 12.1 Å². The normalized spacial score (nSPS) is 22.8. The van der Waals surface area contributed by atoms with Gasteiger partial charge in [0.15, 0.2) is 0 Å². The molecule has 116 valence electrons. The molecule has 21 heavy (non-hydrogen) atoms. The molecule has 3 nitrogen and oxygen atoms in total. The van der Waals surface area contributed by atoms with Crippen molar-refractivity contribution in [3.63, 3.8) is 0 Å². The summed E-state index contributed by atoms with van der Waals surface area (Å²) in [6.07, 6.45) is -2.75. The van der Waals surface area contributed by atoms with Crippen LogP contribution in [0.25, 0.3) is 0 Å². The molecule has 0 aromatic heterocycles. The summed E-state index contributed by atoms with van der Waals surface area (Å²) >= 11 is 0. The van der Waals surface area contributed by atoms with E-state index in [4.69, 9.17) is 5.73 Å². The maximum atomic E-state index is 13.0. The van der Waals surface area contributed by atoms with Crippen molar-refractivity contribution in [2.45, 2.75) is 38.4 Å². The number of anilines is 1. The smallest absolute Gasteiger partial charge is 0.392 e. The highest BCUT2D eigenvalue weighted by molar-refractivity contribution is 5.79. The minimum Gasteiger partial charge on any atom is -0.399 e. The number of benzene rings is 1. The largest absolute Gasteiger partial charge is 0.399 e. The highest BCUT2D eigenvalue weighted by Crippen LogP contribution is 2.41. The molecule has 2 rings (SSSR count). The number of hydrogen-bond acceptors (Lipinski definition) is 2. The Bertz CT molecular complexity index is 485. The van der Waals surface area contributed by atoms with Gasteiger partial charge in [-0.15, -0.1) is 0 Å². The molecule has 1 aliphatic carbocycles. The fourth-order valence-corrected chi connectivity index (χ4v) is 2.79. The zero-order valence-electron chi connectivity index (χ0n) is 11.6. The summed E-state index contributed by atoms with van der Waals surface area (Å²) < 4.78 is 38.9. The van der Waals surface area contributed by atoms with Gasteiger partial charge in [-0.2, -0.15) is 13.2 Å². The molecule has 0 spiro atoms. The van der Waals surface area contributed by atoms with E-state index in [0.717, 1.165) is 5.56 Å². The van der Waals surface area contributed by atoms with E-state index in [-0.39, 0.29) is 13.0 Å². The Morgan fingerprint density at radius 1 is 1.19 bits per heavy atom. The van der Waals surface area contributed by atoms with Crippen molar-refractivity contribution in [2.75, 3.05) is 5.73 Å². The zero-order chi connectivity index (χ0) is 15.5. The summed E-state index contributed by atoms with van der Waals surface area (Å²) in [5.41, 5.74) is 6.98. The fourth-order valence-electron chi connectivity index (χ4n) is 2.79. The molecule has 2 unspecified atom stereocenters. The molecule has 1 fully saturated rings. The first-order valence-corrected chi connectivity index (χ1v) is 7.07. The highest BCUT2D eigenvalue weighted by atomic mass is 19.4. The first kappa shape index (κ1) is 15.7. The van der Waals surface area contributed by atoms with Gasteiger partial charge >= 0.3 is 6.18 Å². The third kappa shape index (κ3) is 4.12. The van der Waals surface area contributed by atoms with Gasteiger partial charge in [0.2, 0.25) is 5.91 Å². The minimum absolute atomic E-state index is 0.0451. The zero-order valence-corrected chi connectivity index (χ0v) is 11.6. The quantitative estimate of drug-likeness (QED) is 0.842. The van der Waals surface area contributed by atoms with Crippen LogP contribution in [0.4, 0.5) is 18.9 Å². The van der Waals surface area contributed by atoms with E-state index < -0.39 is 23.9 Å². The van der Waals surface area contributed by atoms with Crippen molar-refractivity contribution < 1.29 is 18.0 Å². The van der Waals surface area contributed by atoms with Crippen LogP contribution >= 0.6 is 0 Å². The van der Waals surface area contributed by atoms with E-state index in [9.17, 15) is 18.0 Å². The standard InChI is InChI=1S/C15H19F3N2O/c16-15(17,18)13-4-2-1-3-12(13)14(21)20-9-10-5-7-11(19)8-6-10/h5-8,12-13H,1-4,9,19H2,(H,20,21). The van der Waals surface area contributed by atoms with Gasteiger partial charge in [0.1, 0.15) is 0 Å². The summed E-state index contributed by atoms with van der Waals surface area (Å²) in [6, 6.07) is 6.89. The van der Waals surface area contributed by atoms with Crippen LogP contribution in [0.2, 0.25) is 0 Å². The van der Waals surface area contributed by atoms with Gasteiger partial charge in [0.05, 0.1) is 5.92 Å². The fraction of sp³-hybridized carbons (Fsp3) is 0.533. The molecule has 1 aliphatic rings. The highest BCUT2D eigenvalue weighted by Gasteiger charge is 2.47. The molecule has 0 radical (unpaired) electrons. The minimum atomic E-state index is -4.30. The number of halogens is 3. The average molecular weight is 300 g/mol. The Hall–Kier alpha value is -1.72. The number of nitrogens with two attached hydrogens (primary N) is 1. The Labute approximate surface area is 121 Å². The van der Waals surface area contributed by atoms with E-state index in [0.29, 0.717) is 24.9 Å². The van der Waals surface area contributed by atoms with Crippen LogP contribution < -0.4 is 11.1 Å². The van der Waals surface area contributed by atoms with Gasteiger partial charge in [-0.3, -0.25) is 4.79 Å². The van der Waals surface area contributed by atoms with Crippen LogP contribution in [0.5, 0.6) is 0 Å². The van der Waals surface area contributed by atoms with Gasteiger partial charge in [-0.1, -0.05) is 25.0 Å². The monoisotopic (exact) mass is 300 g/mol. The molecule has 0 saturated heterocycles. The molecule has 0 heterocycles. The van der Waals surface area contributed by atoms with Crippen molar-refractivity contribution in [3.8, 4) is 0 Å². The predicted molar refractivity (Wildman–Crippen MR) is 74.2 cm³/mol. The molecule has 6 heteroatoms. The molecule has 0 aliphatic heterocycles. The molecular weight excluding hydrogens is 281 g/mol. The Morgan fingerprint density at radius 2 is 1.81 bits per heavy atom. The molecular formula is C15H19F3N2O. The van der Waals surface area contributed by atoms with Crippen LogP contribution in [0.1, 0.15) is 31.2 Å². The van der Waals surface area contributed by atoms with E-state index in [1.807, 2.05) is 0 Å². The van der Waals surface area contributed by atoms with Crippen LogP contribution in [0.3, 0.4) is 0 Å². The van der Waals surface area contributed by atoms with Crippen molar-refractivity contribution in [1.82, 2.24) is 5.32 Å². The van der Waals surface area contributed by atoms with E-state index >= 15 is 0 Å². The molecule has 1 saturated carbocycles. The third-order valence-corrected chi connectivity index (χ3v) is 3.97. The van der Waals surface area contributed by atoms with Crippen LogP contribution in [0.15, 0.2) is 24.3 Å².